The molecular formula is C15H21N3O2S. The molecule has 3 rings (SSSR count). The molecule has 2 unspecified atom stereocenters. The summed E-state index contributed by atoms with van der Waals surface area (Å²) in [5.41, 5.74) is 0. The highest BCUT2D eigenvalue weighted by Gasteiger charge is 2.41. The Kier molecular flexibility index (Phi) is 4.06. The summed E-state index contributed by atoms with van der Waals surface area (Å²) < 4.78 is 0. The van der Waals surface area contributed by atoms with E-state index in [0.29, 0.717) is 29.7 Å². The van der Waals surface area contributed by atoms with Crippen molar-refractivity contribution >= 4 is 28.2 Å². The van der Waals surface area contributed by atoms with Crippen LogP contribution in [-0.4, -0.2) is 21.9 Å². The van der Waals surface area contributed by atoms with Gasteiger partial charge in [0.25, 0.3) is 0 Å². The van der Waals surface area contributed by atoms with Gasteiger partial charge in [-0.05, 0) is 25.7 Å². The molecule has 5 nitrogen and oxygen atoms in total. The van der Waals surface area contributed by atoms with E-state index in [1.165, 1.54) is 11.3 Å². The quantitative estimate of drug-likeness (QED) is 0.931. The molecule has 1 amide bonds. The molecule has 2 aliphatic rings. The van der Waals surface area contributed by atoms with Gasteiger partial charge in [-0.3, -0.25) is 9.59 Å². The molecule has 2 aliphatic carbocycles. The monoisotopic (exact) mass is 307 g/mol. The van der Waals surface area contributed by atoms with E-state index < -0.39 is 0 Å². The van der Waals surface area contributed by atoms with E-state index in [1.807, 2.05) is 0 Å². The number of carbonyl (C=O) groups excluding carboxylic acids is 2. The molecule has 1 heterocycles. The number of ketones is 1. The minimum Gasteiger partial charge on any atom is -0.300 e. The number of hydrogen-bond donors (Lipinski definition) is 1. The van der Waals surface area contributed by atoms with Crippen LogP contribution in [0.1, 0.15) is 56.9 Å². The molecule has 1 aromatic heterocycles. The fraction of sp³-hybridized carbons (Fsp3) is 0.733. The van der Waals surface area contributed by atoms with E-state index >= 15 is 0 Å². The molecule has 1 aromatic rings. The normalized spacial score (nSPS) is 28.7. The highest BCUT2D eigenvalue weighted by atomic mass is 32.1. The Labute approximate surface area is 128 Å². The Morgan fingerprint density at radius 3 is 2.48 bits per heavy atom. The van der Waals surface area contributed by atoms with Crippen molar-refractivity contribution in [2.75, 3.05) is 5.32 Å². The van der Waals surface area contributed by atoms with Gasteiger partial charge in [0.2, 0.25) is 11.0 Å². The zero-order valence-corrected chi connectivity index (χ0v) is 13.3. The highest BCUT2D eigenvalue weighted by Crippen LogP contribution is 2.40. The first-order chi connectivity index (χ1) is 10.0. The number of Topliss-reactive ketones (excluding diaryl/α,β-unsaturated/α-hetero) is 1. The molecule has 114 valence electrons. The van der Waals surface area contributed by atoms with Crippen molar-refractivity contribution in [1.82, 2.24) is 10.2 Å². The topological polar surface area (TPSA) is 72.0 Å². The van der Waals surface area contributed by atoms with E-state index in [2.05, 4.69) is 29.4 Å². The van der Waals surface area contributed by atoms with Crippen LogP contribution in [0.4, 0.5) is 5.13 Å². The van der Waals surface area contributed by atoms with Gasteiger partial charge in [0.1, 0.15) is 10.8 Å². The molecule has 2 bridgehead atoms. The molecule has 0 aliphatic heterocycles. The van der Waals surface area contributed by atoms with Crippen LogP contribution in [-0.2, 0) is 9.59 Å². The van der Waals surface area contributed by atoms with Crippen LogP contribution in [0.3, 0.4) is 0 Å². The summed E-state index contributed by atoms with van der Waals surface area (Å²) in [6.45, 7) is 4.11. The van der Waals surface area contributed by atoms with Crippen molar-refractivity contribution in [3.05, 3.63) is 5.01 Å². The maximum absolute atomic E-state index is 12.4. The van der Waals surface area contributed by atoms with Gasteiger partial charge < -0.3 is 5.32 Å². The van der Waals surface area contributed by atoms with Crippen LogP contribution in [0.15, 0.2) is 0 Å². The number of amides is 1. The van der Waals surface area contributed by atoms with E-state index in [9.17, 15) is 9.59 Å². The summed E-state index contributed by atoms with van der Waals surface area (Å²) >= 11 is 1.43. The lowest BCUT2D eigenvalue weighted by molar-refractivity contribution is -0.136. The predicted octanol–water partition coefficient (Wildman–Crippen LogP) is 3.00. The summed E-state index contributed by atoms with van der Waals surface area (Å²) in [5.74, 6) is 0.876. The zero-order valence-electron chi connectivity index (χ0n) is 12.5. The number of nitrogens with one attached hydrogen (secondary N) is 1. The van der Waals surface area contributed by atoms with Gasteiger partial charge in [-0.15, -0.1) is 10.2 Å². The van der Waals surface area contributed by atoms with Crippen LogP contribution < -0.4 is 5.32 Å². The molecule has 0 aromatic carbocycles. The zero-order chi connectivity index (χ0) is 15.0. The number of aromatic nitrogens is 2. The molecular weight excluding hydrogens is 286 g/mol. The molecule has 2 saturated carbocycles. The number of rotatable bonds is 3. The third-order valence-corrected chi connectivity index (χ3v) is 5.72. The maximum Gasteiger partial charge on any atom is 0.229 e. The maximum atomic E-state index is 12.4. The molecule has 21 heavy (non-hydrogen) atoms. The van der Waals surface area contributed by atoms with Gasteiger partial charge in [0.15, 0.2) is 0 Å². The number of carbonyl (C=O) groups is 2. The van der Waals surface area contributed by atoms with Gasteiger partial charge >= 0.3 is 0 Å². The first-order valence-electron chi connectivity index (χ1n) is 7.72. The van der Waals surface area contributed by atoms with Crippen molar-refractivity contribution in [2.45, 2.75) is 51.9 Å². The van der Waals surface area contributed by atoms with Crippen molar-refractivity contribution in [3.8, 4) is 0 Å². The summed E-state index contributed by atoms with van der Waals surface area (Å²) in [6, 6.07) is 0. The lowest BCUT2D eigenvalue weighted by atomic mass is 9.67. The number of fused-ring (bicyclic) bond motifs is 2. The van der Waals surface area contributed by atoms with Gasteiger partial charge in [0.05, 0.1) is 0 Å². The van der Waals surface area contributed by atoms with Crippen molar-refractivity contribution in [1.29, 1.82) is 0 Å². The molecule has 1 N–H and O–H groups in total. The fourth-order valence-corrected chi connectivity index (χ4v) is 4.17. The highest BCUT2D eigenvalue weighted by molar-refractivity contribution is 7.15. The van der Waals surface area contributed by atoms with E-state index in [-0.39, 0.29) is 23.7 Å². The average Bonchev–Trinajstić information content (AvgIpc) is 2.87. The summed E-state index contributed by atoms with van der Waals surface area (Å²) in [4.78, 5) is 24.5. The predicted molar refractivity (Wildman–Crippen MR) is 81.2 cm³/mol. The Morgan fingerprint density at radius 2 is 1.90 bits per heavy atom. The fourth-order valence-electron chi connectivity index (χ4n) is 3.42. The molecule has 0 radical (unpaired) electrons. The standard InChI is InChI=1S/C15H21N3O2S/c1-8(2)14-17-18-15(21-14)16-13(20)11-6-9-4-3-5-10(7-11)12(9)19/h8-11H,3-7H2,1-2H3,(H,16,18,20). The van der Waals surface area contributed by atoms with E-state index in [1.54, 1.807) is 0 Å². The lowest BCUT2D eigenvalue weighted by Crippen LogP contribution is -2.40. The van der Waals surface area contributed by atoms with Crippen LogP contribution in [0.5, 0.6) is 0 Å². The smallest absolute Gasteiger partial charge is 0.229 e. The second-order valence-corrected chi connectivity index (χ2v) is 7.49. The second kappa shape index (κ2) is 5.83. The summed E-state index contributed by atoms with van der Waals surface area (Å²) in [5, 5.41) is 12.5. The van der Waals surface area contributed by atoms with Gasteiger partial charge in [0, 0.05) is 23.7 Å². The average molecular weight is 307 g/mol. The Balaban J connectivity index is 1.64. The Morgan fingerprint density at radius 1 is 1.24 bits per heavy atom. The number of hydrogen-bond acceptors (Lipinski definition) is 5. The van der Waals surface area contributed by atoms with Crippen molar-refractivity contribution in [2.24, 2.45) is 17.8 Å². The van der Waals surface area contributed by atoms with Gasteiger partial charge in [-0.2, -0.15) is 0 Å². The number of nitrogens with zero attached hydrogens (tertiary/aromatic N) is 2. The van der Waals surface area contributed by atoms with E-state index in [4.69, 9.17) is 0 Å². The molecule has 2 fully saturated rings. The van der Waals surface area contributed by atoms with Crippen molar-refractivity contribution < 1.29 is 9.59 Å². The minimum absolute atomic E-state index is 0.00542. The minimum atomic E-state index is -0.0515. The SMILES string of the molecule is CC(C)c1nnc(NC(=O)C2CC3CCCC(C2)C3=O)s1. The summed E-state index contributed by atoms with van der Waals surface area (Å²) in [7, 11) is 0. The van der Waals surface area contributed by atoms with E-state index in [0.717, 1.165) is 24.3 Å². The Bertz CT molecular complexity index is 539. The first kappa shape index (κ1) is 14.6. The van der Waals surface area contributed by atoms with Crippen LogP contribution in [0.25, 0.3) is 0 Å². The second-order valence-electron chi connectivity index (χ2n) is 6.48. The molecule has 6 heteroatoms. The molecule has 0 saturated heterocycles. The molecule has 0 spiro atoms. The van der Waals surface area contributed by atoms with Crippen LogP contribution in [0.2, 0.25) is 0 Å². The molecule has 2 atom stereocenters. The third kappa shape index (κ3) is 3.00. The van der Waals surface area contributed by atoms with Gasteiger partial charge in [-0.25, -0.2) is 0 Å². The first-order valence-corrected chi connectivity index (χ1v) is 8.54. The summed E-state index contributed by atoms with van der Waals surface area (Å²) in [6.07, 6.45) is 4.45. The van der Waals surface area contributed by atoms with Crippen LogP contribution >= 0.6 is 11.3 Å². The Hall–Kier alpha value is -1.30. The van der Waals surface area contributed by atoms with Crippen molar-refractivity contribution in [3.63, 3.8) is 0 Å². The lowest BCUT2D eigenvalue weighted by Gasteiger charge is -2.36. The van der Waals surface area contributed by atoms with Gasteiger partial charge in [-0.1, -0.05) is 31.6 Å². The number of anilines is 1. The third-order valence-electron chi connectivity index (χ3n) is 4.58. The largest absolute Gasteiger partial charge is 0.300 e. The van der Waals surface area contributed by atoms with Crippen LogP contribution in [0, 0.1) is 17.8 Å².